The molecule has 0 fully saturated rings. The third kappa shape index (κ3) is 2.76. The fourth-order valence-electron chi connectivity index (χ4n) is 1.20. The molecule has 1 aromatic heterocycles. The molecule has 0 saturated heterocycles. The molecule has 0 N–H and O–H groups in total. The largest absolute Gasteiger partial charge is 0.434 e. The first kappa shape index (κ1) is 11.9. The van der Waals surface area contributed by atoms with E-state index in [2.05, 4.69) is 4.98 Å². The van der Waals surface area contributed by atoms with Crippen molar-refractivity contribution < 1.29 is 17.9 Å². The quantitative estimate of drug-likeness (QED) is 0.803. The van der Waals surface area contributed by atoms with Gasteiger partial charge in [-0.05, 0) is 18.6 Å². The number of benzene rings is 1. The van der Waals surface area contributed by atoms with Crippen LogP contribution in [0, 0.1) is 6.92 Å². The summed E-state index contributed by atoms with van der Waals surface area (Å²) in [7, 11) is 0. The second kappa shape index (κ2) is 4.37. The van der Waals surface area contributed by atoms with Gasteiger partial charge in [0.1, 0.15) is 5.75 Å². The van der Waals surface area contributed by atoms with Crippen molar-refractivity contribution in [1.82, 2.24) is 4.98 Å². The maximum Gasteiger partial charge on any atom is 0.434 e. The number of rotatable bonds is 2. The lowest BCUT2D eigenvalue weighted by molar-refractivity contribution is -0.140. The van der Waals surface area contributed by atoms with Crippen LogP contribution in [0.15, 0.2) is 29.6 Å². The lowest BCUT2D eigenvalue weighted by atomic mass is 10.2. The molecule has 17 heavy (non-hydrogen) atoms. The van der Waals surface area contributed by atoms with E-state index in [1.165, 1.54) is 0 Å². The Bertz CT molecular complexity index is 521. The molecule has 0 amide bonds. The van der Waals surface area contributed by atoms with Crippen LogP contribution in [0.5, 0.6) is 10.9 Å². The Morgan fingerprint density at radius 2 is 1.94 bits per heavy atom. The summed E-state index contributed by atoms with van der Waals surface area (Å²) in [6.45, 7) is 1.81. The van der Waals surface area contributed by atoms with Gasteiger partial charge >= 0.3 is 6.18 Å². The topological polar surface area (TPSA) is 22.1 Å². The molecule has 0 spiro atoms. The fourth-order valence-corrected chi connectivity index (χ4v) is 1.89. The van der Waals surface area contributed by atoms with Gasteiger partial charge in [0.2, 0.25) is 0 Å². The number of aromatic nitrogens is 1. The molecule has 6 heteroatoms. The maximum absolute atomic E-state index is 12.3. The van der Waals surface area contributed by atoms with Crippen LogP contribution in [-0.2, 0) is 6.18 Å². The zero-order valence-corrected chi connectivity index (χ0v) is 9.60. The number of aryl methyl sites for hydroxylation is 1. The van der Waals surface area contributed by atoms with Crippen LogP contribution in [0.25, 0.3) is 0 Å². The summed E-state index contributed by atoms with van der Waals surface area (Å²) >= 11 is 0.827. The normalized spacial score (nSPS) is 11.5. The van der Waals surface area contributed by atoms with Crippen LogP contribution < -0.4 is 4.74 Å². The lowest BCUT2D eigenvalue weighted by Gasteiger charge is -2.04. The first-order valence-corrected chi connectivity index (χ1v) is 5.61. The summed E-state index contributed by atoms with van der Waals surface area (Å²) in [6, 6.07) is 7.07. The summed E-state index contributed by atoms with van der Waals surface area (Å²) in [5.41, 5.74) is -0.0812. The predicted octanol–water partition coefficient (Wildman–Crippen LogP) is 4.26. The van der Waals surface area contributed by atoms with Gasteiger partial charge < -0.3 is 4.74 Å². The average molecular weight is 259 g/mol. The molecule has 0 atom stereocenters. The van der Waals surface area contributed by atoms with E-state index in [1.54, 1.807) is 12.1 Å². The zero-order chi connectivity index (χ0) is 12.5. The summed E-state index contributed by atoms with van der Waals surface area (Å²) in [6.07, 6.45) is -4.43. The van der Waals surface area contributed by atoms with Gasteiger partial charge in [-0.2, -0.15) is 18.2 Å². The van der Waals surface area contributed by atoms with Gasteiger partial charge in [-0.15, -0.1) is 0 Å². The third-order valence-electron chi connectivity index (χ3n) is 2.06. The Balaban J connectivity index is 2.21. The minimum Gasteiger partial charge on any atom is -0.431 e. The smallest absolute Gasteiger partial charge is 0.431 e. The van der Waals surface area contributed by atoms with E-state index in [4.69, 9.17) is 4.74 Å². The van der Waals surface area contributed by atoms with E-state index in [0.717, 1.165) is 22.3 Å². The average Bonchev–Trinajstić information content (AvgIpc) is 2.69. The molecular formula is C11H8F3NOS. The van der Waals surface area contributed by atoms with Gasteiger partial charge in [0.15, 0.2) is 5.69 Å². The first-order valence-electron chi connectivity index (χ1n) is 4.73. The minimum atomic E-state index is -4.43. The Hall–Kier alpha value is -1.56. The van der Waals surface area contributed by atoms with E-state index in [0.29, 0.717) is 5.75 Å². The molecule has 0 aliphatic rings. The molecule has 2 aromatic rings. The van der Waals surface area contributed by atoms with Gasteiger partial charge in [-0.25, -0.2) is 0 Å². The number of alkyl halides is 3. The number of nitrogens with zero attached hydrogens (tertiary/aromatic N) is 1. The molecule has 0 aliphatic heterocycles. The Morgan fingerprint density at radius 3 is 2.53 bits per heavy atom. The molecule has 2 nitrogen and oxygen atoms in total. The Morgan fingerprint density at radius 1 is 1.24 bits per heavy atom. The van der Waals surface area contributed by atoms with E-state index in [1.807, 2.05) is 19.1 Å². The molecule has 0 radical (unpaired) electrons. The van der Waals surface area contributed by atoms with E-state index in [-0.39, 0.29) is 5.19 Å². The summed E-state index contributed by atoms with van der Waals surface area (Å²) in [5, 5.41) is 0.930. The van der Waals surface area contributed by atoms with Crippen molar-refractivity contribution in [3.8, 4) is 10.9 Å². The SMILES string of the molecule is Cc1ccccc1Oc1nc(C(F)(F)F)cs1. The summed E-state index contributed by atoms with van der Waals surface area (Å²) < 4.78 is 42.2. The molecule has 0 unspecified atom stereocenters. The van der Waals surface area contributed by atoms with Crippen LogP contribution in [0.4, 0.5) is 13.2 Å². The van der Waals surface area contributed by atoms with Crippen LogP contribution >= 0.6 is 11.3 Å². The van der Waals surface area contributed by atoms with Crippen molar-refractivity contribution in [3.63, 3.8) is 0 Å². The molecule has 0 aliphatic carbocycles. The first-order chi connectivity index (χ1) is 7.97. The number of halogens is 3. The highest BCUT2D eigenvalue weighted by molar-refractivity contribution is 7.11. The standard InChI is InChI=1S/C11H8F3NOS/c1-7-4-2-3-5-8(7)16-10-15-9(6-17-10)11(12,13)14/h2-6H,1H3. The Kier molecular flexibility index (Phi) is 3.06. The van der Waals surface area contributed by atoms with Crippen LogP contribution in [-0.4, -0.2) is 4.98 Å². The number of hydrogen-bond acceptors (Lipinski definition) is 3. The monoisotopic (exact) mass is 259 g/mol. The second-order valence-electron chi connectivity index (χ2n) is 3.36. The van der Waals surface area contributed by atoms with Gasteiger partial charge in [0.25, 0.3) is 5.19 Å². The highest BCUT2D eigenvalue weighted by Crippen LogP contribution is 2.34. The second-order valence-corrected chi connectivity index (χ2v) is 4.18. The van der Waals surface area contributed by atoms with Crippen molar-refractivity contribution in [1.29, 1.82) is 0 Å². The Labute approximate surface area is 99.7 Å². The van der Waals surface area contributed by atoms with Crippen molar-refractivity contribution >= 4 is 11.3 Å². The van der Waals surface area contributed by atoms with Gasteiger partial charge in [-0.3, -0.25) is 0 Å². The summed E-state index contributed by atoms with van der Waals surface area (Å²) in [4.78, 5) is 3.39. The lowest BCUT2D eigenvalue weighted by Crippen LogP contribution is -2.04. The minimum absolute atomic E-state index is 0.00775. The molecule has 2 rings (SSSR count). The maximum atomic E-state index is 12.3. The van der Waals surface area contributed by atoms with Crippen LogP contribution in [0.1, 0.15) is 11.3 Å². The predicted molar refractivity (Wildman–Crippen MR) is 58.4 cm³/mol. The molecule has 0 saturated carbocycles. The van der Waals surface area contributed by atoms with E-state index < -0.39 is 11.9 Å². The van der Waals surface area contributed by atoms with Gasteiger partial charge in [0.05, 0.1) is 0 Å². The van der Waals surface area contributed by atoms with Crippen molar-refractivity contribution in [2.45, 2.75) is 13.1 Å². The number of ether oxygens (including phenoxy) is 1. The zero-order valence-electron chi connectivity index (χ0n) is 8.78. The number of hydrogen-bond donors (Lipinski definition) is 0. The molecule has 90 valence electrons. The molecule has 0 bridgehead atoms. The van der Waals surface area contributed by atoms with Crippen LogP contribution in [0.3, 0.4) is 0 Å². The third-order valence-corrected chi connectivity index (χ3v) is 2.78. The molecule has 1 heterocycles. The highest BCUT2D eigenvalue weighted by atomic mass is 32.1. The highest BCUT2D eigenvalue weighted by Gasteiger charge is 2.34. The molecule has 1 aromatic carbocycles. The van der Waals surface area contributed by atoms with Crippen LogP contribution in [0.2, 0.25) is 0 Å². The van der Waals surface area contributed by atoms with Crippen molar-refractivity contribution in [3.05, 3.63) is 40.9 Å². The van der Waals surface area contributed by atoms with E-state index >= 15 is 0 Å². The summed E-state index contributed by atoms with van der Waals surface area (Å²) in [5.74, 6) is 0.510. The number of para-hydroxylation sites is 1. The van der Waals surface area contributed by atoms with Gasteiger partial charge in [0, 0.05) is 5.38 Å². The molecular weight excluding hydrogens is 251 g/mol. The van der Waals surface area contributed by atoms with Crippen molar-refractivity contribution in [2.24, 2.45) is 0 Å². The van der Waals surface area contributed by atoms with Crippen molar-refractivity contribution in [2.75, 3.05) is 0 Å². The number of thiazole rings is 1. The van der Waals surface area contributed by atoms with E-state index in [9.17, 15) is 13.2 Å². The fraction of sp³-hybridized carbons (Fsp3) is 0.182. The van der Waals surface area contributed by atoms with Gasteiger partial charge in [-0.1, -0.05) is 29.5 Å².